The summed E-state index contributed by atoms with van der Waals surface area (Å²) in [6.07, 6.45) is 1.00. The van der Waals surface area contributed by atoms with Crippen molar-refractivity contribution < 1.29 is 9.53 Å². The van der Waals surface area contributed by atoms with Crippen LogP contribution in [0.25, 0.3) is 0 Å². The molecule has 2 heterocycles. The highest BCUT2D eigenvalue weighted by Gasteiger charge is 2.12. The predicted octanol–water partition coefficient (Wildman–Crippen LogP) is 2.45. The van der Waals surface area contributed by atoms with Crippen LogP contribution in [0, 0.1) is 13.8 Å². The molecule has 0 unspecified atom stereocenters. The van der Waals surface area contributed by atoms with Gasteiger partial charge in [-0.2, -0.15) is 5.10 Å². The highest BCUT2D eigenvalue weighted by atomic mass is 32.1. The van der Waals surface area contributed by atoms with Gasteiger partial charge < -0.3 is 10.5 Å². The lowest BCUT2D eigenvalue weighted by molar-refractivity contribution is -0.145. The molecule has 2 rings (SSSR count). The minimum absolute atomic E-state index is 0.0931. The number of nitrogen functional groups attached to an aromatic ring is 1. The smallest absolute Gasteiger partial charge is 0.328 e. The van der Waals surface area contributed by atoms with Crippen molar-refractivity contribution in [3.8, 4) is 0 Å². The SMILES string of the molecule is CCc1ccc(COC(=O)Cn2nc(C)c(N)c2C)s1. The van der Waals surface area contributed by atoms with Crippen LogP contribution in [-0.2, 0) is 29.1 Å². The molecule has 0 saturated heterocycles. The normalized spacial score (nSPS) is 10.8. The Kier molecular flexibility index (Phi) is 4.44. The van der Waals surface area contributed by atoms with Gasteiger partial charge in [-0.25, -0.2) is 0 Å². The van der Waals surface area contributed by atoms with E-state index < -0.39 is 0 Å². The summed E-state index contributed by atoms with van der Waals surface area (Å²) in [6, 6.07) is 4.06. The number of hydrogen-bond acceptors (Lipinski definition) is 5. The number of thiophene rings is 1. The van der Waals surface area contributed by atoms with Gasteiger partial charge in [-0.15, -0.1) is 11.3 Å². The summed E-state index contributed by atoms with van der Waals surface area (Å²) in [6.45, 7) is 6.18. The summed E-state index contributed by atoms with van der Waals surface area (Å²) >= 11 is 1.67. The molecule has 0 aromatic carbocycles. The Balaban J connectivity index is 1.90. The number of carbonyl (C=O) groups excluding carboxylic acids is 1. The fraction of sp³-hybridized carbons (Fsp3) is 0.429. The summed E-state index contributed by atoms with van der Waals surface area (Å²) in [7, 11) is 0. The Morgan fingerprint density at radius 2 is 2.10 bits per heavy atom. The van der Waals surface area contributed by atoms with Crippen molar-refractivity contribution in [2.24, 2.45) is 0 Å². The monoisotopic (exact) mass is 293 g/mol. The zero-order chi connectivity index (χ0) is 14.7. The summed E-state index contributed by atoms with van der Waals surface area (Å²) in [4.78, 5) is 14.2. The first-order valence-corrected chi connectivity index (χ1v) is 7.35. The molecule has 6 heteroatoms. The first-order valence-electron chi connectivity index (χ1n) is 6.54. The minimum Gasteiger partial charge on any atom is -0.459 e. The number of nitrogens with two attached hydrogens (primary N) is 1. The third-order valence-corrected chi connectivity index (χ3v) is 4.36. The zero-order valence-electron chi connectivity index (χ0n) is 12.0. The van der Waals surface area contributed by atoms with E-state index in [1.165, 1.54) is 4.88 Å². The third-order valence-electron chi connectivity index (χ3n) is 3.16. The van der Waals surface area contributed by atoms with Gasteiger partial charge in [-0.05, 0) is 32.4 Å². The molecule has 108 valence electrons. The van der Waals surface area contributed by atoms with Crippen LogP contribution in [0.1, 0.15) is 28.1 Å². The molecular weight excluding hydrogens is 274 g/mol. The second kappa shape index (κ2) is 6.09. The Hall–Kier alpha value is -1.82. The first-order chi connectivity index (χ1) is 9.51. The van der Waals surface area contributed by atoms with E-state index in [2.05, 4.69) is 18.1 Å². The van der Waals surface area contributed by atoms with Gasteiger partial charge in [0.15, 0.2) is 0 Å². The summed E-state index contributed by atoms with van der Waals surface area (Å²) in [5.41, 5.74) is 7.99. The number of carbonyl (C=O) groups is 1. The van der Waals surface area contributed by atoms with Gasteiger partial charge in [-0.3, -0.25) is 9.48 Å². The standard InChI is InChI=1S/C14H19N3O2S/c1-4-11-5-6-12(20-11)8-19-13(18)7-17-10(3)14(15)9(2)16-17/h5-6H,4,7-8,15H2,1-3H3. The molecule has 0 spiro atoms. The van der Waals surface area contributed by atoms with Crippen LogP contribution in [-0.4, -0.2) is 15.7 Å². The molecule has 2 aromatic heterocycles. The molecule has 0 atom stereocenters. The van der Waals surface area contributed by atoms with E-state index in [0.29, 0.717) is 12.3 Å². The van der Waals surface area contributed by atoms with E-state index in [-0.39, 0.29) is 12.5 Å². The van der Waals surface area contributed by atoms with Crippen molar-refractivity contribution in [3.05, 3.63) is 33.3 Å². The Bertz CT molecular complexity index is 616. The second-order valence-electron chi connectivity index (χ2n) is 4.62. The van der Waals surface area contributed by atoms with Crippen LogP contribution in [0.15, 0.2) is 12.1 Å². The van der Waals surface area contributed by atoms with Gasteiger partial charge in [0.25, 0.3) is 0 Å². The van der Waals surface area contributed by atoms with E-state index >= 15 is 0 Å². The molecule has 2 N–H and O–H groups in total. The lowest BCUT2D eigenvalue weighted by Gasteiger charge is -2.05. The van der Waals surface area contributed by atoms with Gasteiger partial charge in [-0.1, -0.05) is 6.92 Å². The lowest BCUT2D eigenvalue weighted by atomic mass is 10.3. The number of aryl methyl sites for hydroxylation is 2. The number of aromatic nitrogens is 2. The third kappa shape index (κ3) is 3.19. The van der Waals surface area contributed by atoms with E-state index in [0.717, 1.165) is 22.7 Å². The van der Waals surface area contributed by atoms with Crippen molar-refractivity contribution >= 4 is 23.0 Å². The highest BCUT2D eigenvalue weighted by molar-refractivity contribution is 7.11. The van der Waals surface area contributed by atoms with Crippen molar-refractivity contribution in [2.45, 2.75) is 40.3 Å². The van der Waals surface area contributed by atoms with Crippen LogP contribution < -0.4 is 5.73 Å². The Morgan fingerprint density at radius 1 is 1.40 bits per heavy atom. The fourth-order valence-corrected chi connectivity index (χ4v) is 2.75. The maximum absolute atomic E-state index is 11.8. The van der Waals surface area contributed by atoms with Crippen molar-refractivity contribution in [2.75, 3.05) is 5.73 Å². The van der Waals surface area contributed by atoms with Crippen LogP contribution in [0.2, 0.25) is 0 Å². The molecule has 0 aliphatic rings. The zero-order valence-corrected chi connectivity index (χ0v) is 12.8. The molecule has 5 nitrogen and oxygen atoms in total. The van der Waals surface area contributed by atoms with Crippen molar-refractivity contribution in [1.29, 1.82) is 0 Å². The summed E-state index contributed by atoms with van der Waals surface area (Å²) in [5.74, 6) is -0.304. The van der Waals surface area contributed by atoms with E-state index in [1.807, 2.05) is 19.9 Å². The largest absolute Gasteiger partial charge is 0.459 e. The summed E-state index contributed by atoms with van der Waals surface area (Å²) in [5, 5.41) is 4.22. The van der Waals surface area contributed by atoms with Crippen LogP contribution in [0.3, 0.4) is 0 Å². The molecule has 20 heavy (non-hydrogen) atoms. The minimum atomic E-state index is -0.304. The van der Waals surface area contributed by atoms with Gasteiger partial charge in [0.1, 0.15) is 13.2 Å². The number of ether oxygens (including phenoxy) is 1. The summed E-state index contributed by atoms with van der Waals surface area (Å²) < 4.78 is 6.85. The fourth-order valence-electron chi connectivity index (χ4n) is 1.87. The predicted molar refractivity (Wildman–Crippen MR) is 79.6 cm³/mol. The highest BCUT2D eigenvalue weighted by Crippen LogP contribution is 2.18. The number of nitrogens with zero attached hydrogens (tertiary/aromatic N) is 2. The number of esters is 1. The molecule has 0 fully saturated rings. The van der Waals surface area contributed by atoms with Crippen LogP contribution in [0.4, 0.5) is 5.69 Å². The Labute approximate surface area is 122 Å². The van der Waals surface area contributed by atoms with Crippen molar-refractivity contribution in [1.82, 2.24) is 9.78 Å². The van der Waals surface area contributed by atoms with Crippen molar-refractivity contribution in [3.63, 3.8) is 0 Å². The average molecular weight is 293 g/mol. The van der Waals surface area contributed by atoms with Crippen LogP contribution in [0.5, 0.6) is 0 Å². The molecule has 2 aromatic rings. The van der Waals surface area contributed by atoms with Crippen LogP contribution >= 0.6 is 11.3 Å². The second-order valence-corrected chi connectivity index (χ2v) is 5.88. The number of anilines is 1. The molecule has 0 bridgehead atoms. The Morgan fingerprint density at radius 3 is 2.65 bits per heavy atom. The molecule has 0 saturated carbocycles. The topological polar surface area (TPSA) is 70.1 Å². The maximum Gasteiger partial charge on any atom is 0.328 e. The average Bonchev–Trinajstić information content (AvgIpc) is 2.98. The van der Waals surface area contributed by atoms with Gasteiger partial charge in [0.05, 0.1) is 17.1 Å². The number of rotatable bonds is 5. The van der Waals surface area contributed by atoms with Gasteiger partial charge in [0.2, 0.25) is 0 Å². The van der Waals surface area contributed by atoms with E-state index in [4.69, 9.17) is 10.5 Å². The molecule has 0 radical (unpaired) electrons. The first kappa shape index (κ1) is 14.6. The molecular formula is C14H19N3O2S. The van der Waals surface area contributed by atoms with Gasteiger partial charge >= 0.3 is 5.97 Å². The maximum atomic E-state index is 11.8. The molecule has 0 aliphatic heterocycles. The van der Waals surface area contributed by atoms with E-state index in [9.17, 15) is 4.79 Å². The van der Waals surface area contributed by atoms with E-state index in [1.54, 1.807) is 16.0 Å². The molecule has 0 aliphatic carbocycles. The lowest BCUT2D eigenvalue weighted by Crippen LogP contribution is -2.15. The number of hydrogen-bond donors (Lipinski definition) is 1. The quantitative estimate of drug-likeness (QED) is 0.860. The van der Waals surface area contributed by atoms with Gasteiger partial charge in [0, 0.05) is 9.75 Å². The molecule has 0 amide bonds.